The smallest absolute Gasteiger partial charge is 0.260 e. The molecular weight excluding hydrogens is 258 g/mol. The van der Waals surface area contributed by atoms with Crippen LogP contribution in [0.3, 0.4) is 0 Å². The van der Waals surface area contributed by atoms with Crippen LogP contribution in [-0.4, -0.2) is 29.0 Å². The van der Waals surface area contributed by atoms with Gasteiger partial charge in [-0.1, -0.05) is 0 Å². The first kappa shape index (κ1) is 12.5. The number of nitrogens with zero attached hydrogens (tertiary/aromatic N) is 2. The first-order chi connectivity index (χ1) is 9.54. The molecule has 7 heteroatoms. The number of nitrogen functional groups attached to an aromatic ring is 1. The minimum absolute atomic E-state index is 0.192. The molecule has 1 amide bonds. The molecule has 5 N–H and O–H groups in total. The molecule has 2 heterocycles. The number of hydrogen-bond acceptors (Lipinski definition) is 5. The van der Waals surface area contributed by atoms with Crippen molar-refractivity contribution in [3.63, 3.8) is 0 Å². The highest BCUT2D eigenvalue weighted by molar-refractivity contribution is 5.82. The summed E-state index contributed by atoms with van der Waals surface area (Å²) in [6.07, 6.45) is 0.679. The Bertz CT molecular complexity index is 739. The average Bonchev–Trinajstić information content (AvgIpc) is 2.89. The van der Waals surface area contributed by atoms with Crippen LogP contribution in [0.2, 0.25) is 0 Å². The normalized spacial score (nSPS) is 18.6. The van der Waals surface area contributed by atoms with Crippen molar-refractivity contribution in [1.82, 2.24) is 9.97 Å². The van der Waals surface area contributed by atoms with Gasteiger partial charge in [0.2, 0.25) is 11.9 Å². The minimum atomic E-state index is -0.316. The summed E-state index contributed by atoms with van der Waals surface area (Å²) in [5.41, 5.74) is 11.8. The standard InChI is InChI=1S/C13H15N5O2/c14-8-1-2-10-9(5-8)12(20)17-13(16-10)18-4-3-7(6-18)11(15)19/h1-2,5,7H,3-4,6,14H2,(H2,15,19)(H,16,17,20). The second-order valence-electron chi connectivity index (χ2n) is 5.00. The monoisotopic (exact) mass is 273 g/mol. The zero-order valence-electron chi connectivity index (χ0n) is 10.8. The molecule has 1 fully saturated rings. The third-order valence-electron chi connectivity index (χ3n) is 3.61. The Morgan fingerprint density at radius 1 is 1.45 bits per heavy atom. The largest absolute Gasteiger partial charge is 0.399 e. The topological polar surface area (TPSA) is 118 Å². The van der Waals surface area contributed by atoms with Gasteiger partial charge in [0.05, 0.1) is 16.8 Å². The van der Waals surface area contributed by atoms with Gasteiger partial charge in [0.1, 0.15) is 0 Å². The number of nitrogens with two attached hydrogens (primary N) is 2. The molecule has 1 aliphatic rings. The number of nitrogens with one attached hydrogen (secondary N) is 1. The molecule has 0 spiro atoms. The first-order valence-electron chi connectivity index (χ1n) is 6.38. The van der Waals surface area contributed by atoms with Crippen molar-refractivity contribution >= 4 is 28.4 Å². The van der Waals surface area contributed by atoms with Crippen LogP contribution in [0, 0.1) is 5.92 Å². The second-order valence-corrected chi connectivity index (χ2v) is 5.00. The minimum Gasteiger partial charge on any atom is -0.399 e. The molecule has 7 nitrogen and oxygen atoms in total. The number of aromatic nitrogens is 2. The Morgan fingerprint density at radius 3 is 2.95 bits per heavy atom. The van der Waals surface area contributed by atoms with Gasteiger partial charge in [-0.05, 0) is 24.6 Å². The van der Waals surface area contributed by atoms with E-state index in [4.69, 9.17) is 11.5 Å². The van der Waals surface area contributed by atoms with E-state index in [9.17, 15) is 9.59 Å². The van der Waals surface area contributed by atoms with Gasteiger partial charge in [-0.25, -0.2) is 4.98 Å². The molecular formula is C13H15N5O2. The Morgan fingerprint density at radius 2 is 2.25 bits per heavy atom. The summed E-state index contributed by atoms with van der Waals surface area (Å²) in [5.74, 6) is -0.0400. The van der Waals surface area contributed by atoms with Gasteiger partial charge in [-0.2, -0.15) is 0 Å². The summed E-state index contributed by atoms with van der Waals surface area (Å²) in [4.78, 5) is 32.3. The number of rotatable bonds is 2. The lowest BCUT2D eigenvalue weighted by molar-refractivity contribution is -0.121. The van der Waals surface area contributed by atoms with Crippen LogP contribution in [0.5, 0.6) is 0 Å². The Balaban J connectivity index is 2.00. The van der Waals surface area contributed by atoms with Crippen molar-refractivity contribution in [2.75, 3.05) is 23.7 Å². The molecule has 104 valence electrons. The van der Waals surface area contributed by atoms with Crippen molar-refractivity contribution in [2.24, 2.45) is 11.7 Å². The lowest BCUT2D eigenvalue weighted by atomic mass is 10.1. The fourth-order valence-electron chi connectivity index (χ4n) is 2.48. The van der Waals surface area contributed by atoms with E-state index in [2.05, 4.69) is 9.97 Å². The molecule has 1 atom stereocenters. The van der Waals surface area contributed by atoms with E-state index in [1.165, 1.54) is 0 Å². The number of anilines is 2. The van der Waals surface area contributed by atoms with Gasteiger partial charge in [0.25, 0.3) is 5.56 Å². The molecule has 1 saturated heterocycles. The maximum absolute atomic E-state index is 12.1. The Kier molecular flexibility index (Phi) is 2.81. The number of H-pyrrole nitrogens is 1. The third kappa shape index (κ3) is 2.07. The van der Waals surface area contributed by atoms with Crippen molar-refractivity contribution < 1.29 is 4.79 Å². The first-order valence-corrected chi connectivity index (χ1v) is 6.38. The molecule has 1 aliphatic heterocycles. The highest BCUT2D eigenvalue weighted by Crippen LogP contribution is 2.21. The van der Waals surface area contributed by atoms with Crippen molar-refractivity contribution in [1.29, 1.82) is 0 Å². The Labute approximate surface area is 114 Å². The molecule has 1 aromatic heterocycles. The van der Waals surface area contributed by atoms with Crippen LogP contribution >= 0.6 is 0 Å². The summed E-state index contributed by atoms with van der Waals surface area (Å²) >= 11 is 0. The lowest BCUT2D eigenvalue weighted by Gasteiger charge is -2.16. The molecule has 0 aliphatic carbocycles. The molecule has 3 rings (SSSR count). The number of benzene rings is 1. The maximum Gasteiger partial charge on any atom is 0.260 e. The van der Waals surface area contributed by atoms with Crippen LogP contribution < -0.4 is 21.9 Å². The van der Waals surface area contributed by atoms with Crippen molar-refractivity contribution in [3.05, 3.63) is 28.6 Å². The van der Waals surface area contributed by atoms with E-state index in [1.54, 1.807) is 18.2 Å². The molecule has 1 aromatic carbocycles. The van der Waals surface area contributed by atoms with E-state index in [1.807, 2.05) is 4.90 Å². The average molecular weight is 273 g/mol. The van der Waals surface area contributed by atoms with E-state index in [0.29, 0.717) is 42.0 Å². The molecule has 0 bridgehead atoms. The zero-order valence-corrected chi connectivity index (χ0v) is 10.8. The molecule has 2 aromatic rings. The van der Waals surface area contributed by atoms with Crippen LogP contribution in [0.1, 0.15) is 6.42 Å². The third-order valence-corrected chi connectivity index (χ3v) is 3.61. The summed E-state index contributed by atoms with van der Waals surface area (Å²) in [6.45, 7) is 1.13. The number of fused-ring (bicyclic) bond motifs is 1. The van der Waals surface area contributed by atoms with Crippen molar-refractivity contribution in [2.45, 2.75) is 6.42 Å². The second kappa shape index (κ2) is 4.52. The molecule has 1 unspecified atom stereocenters. The zero-order chi connectivity index (χ0) is 14.3. The van der Waals surface area contributed by atoms with E-state index < -0.39 is 0 Å². The van der Waals surface area contributed by atoms with Gasteiger partial charge < -0.3 is 16.4 Å². The fraction of sp³-hybridized carbons (Fsp3) is 0.308. The fourth-order valence-corrected chi connectivity index (χ4v) is 2.48. The van der Waals surface area contributed by atoms with Crippen molar-refractivity contribution in [3.8, 4) is 0 Å². The van der Waals surface area contributed by atoms with Gasteiger partial charge in [-0.15, -0.1) is 0 Å². The summed E-state index contributed by atoms with van der Waals surface area (Å²) < 4.78 is 0. The van der Waals surface area contributed by atoms with Crippen LogP contribution in [0.15, 0.2) is 23.0 Å². The Hall–Kier alpha value is -2.57. The number of carbonyl (C=O) groups excluding carboxylic acids is 1. The van der Waals surface area contributed by atoms with Gasteiger partial charge in [0.15, 0.2) is 0 Å². The number of aromatic amines is 1. The lowest BCUT2D eigenvalue weighted by Crippen LogP contribution is -2.29. The van der Waals surface area contributed by atoms with Crippen LogP contribution in [0.4, 0.5) is 11.6 Å². The number of carbonyl (C=O) groups is 1. The van der Waals surface area contributed by atoms with E-state index >= 15 is 0 Å². The predicted octanol–water partition coefficient (Wildman–Crippen LogP) is -0.183. The van der Waals surface area contributed by atoms with E-state index in [-0.39, 0.29) is 17.4 Å². The van der Waals surface area contributed by atoms with Crippen LogP contribution in [0.25, 0.3) is 10.9 Å². The van der Waals surface area contributed by atoms with Gasteiger partial charge in [-0.3, -0.25) is 14.6 Å². The van der Waals surface area contributed by atoms with Gasteiger partial charge >= 0.3 is 0 Å². The summed E-state index contributed by atoms with van der Waals surface area (Å²) in [5, 5.41) is 0.458. The summed E-state index contributed by atoms with van der Waals surface area (Å²) in [7, 11) is 0. The quantitative estimate of drug-likeness (QED) is 0.656. The number of amides is 1. The number of hydrogen-bond donors (Lipinski definition) is 3. The number of primary amides is 1. The highest BCUT2D eigenvalue weighted by Gasteiger charge is 2.28. The highest BCUT2D eigenvalue weighted by atomic mass is 16.1. The predicted molar refractivity (Wildman–Crippen MR) is 76.3 cm³/mol. The summed E-state index contributed by atoms with van der Waals surface area (Å²) in [6, 6.07) is 5.01. The molecule has 0 saturated carbocycles. The maximum atomic E-state index is 12.1. The van der Waals surface area contributed by atoms with E-state index in [0.717, 1.165) is 0 Å². The van der Waals surface area contributed by atoms with Gasteiger partial charge in [0, 0.05) is 18.8 Å². The van der Waals surface area contributed by atoms with Crippen LogP contribution in [-0.2, 0) is 4.79 Å². The SMILES string of the molecule is NC(=O)C1CCN(c2nc3ccc(N)cc3c(=O)[nH]2)C1. The molecule has 20 heavy (non-hydrogen) atoms. The molecule has 0 radical (unpaired) electrons.